The third-order valence-electron chi connectivity index (χ3n) is 9.16. The zero-order valence-corrected chi connectivity index (χ0v) is 28.4. The number of imidazole rings is 1. The Bertz CT molecular complexity index is 1660. The average molecular weight is 621 g/mol. The quantitative estimate of drug-likeness (QED) is 0.107. The Labute approximate surface area is 275 Å². The van der Waals surface area contributed by atoms with E-state index < -0.39 is 13.9 Å². The maximum Gasteiger partial charge on any atom is 0.261 e. The number of rotatable bonds is 11. The van der Waals surface area contributed by atoms with Crippen molar-refractivity contribution in [1.29, 1.82) is 0 Å². The number of hydrogen-bond donors (Lipinski definition) is 0. The van der Waals surface area contributed by atoms with Gasteiger partial charge in [-0.2, -0.15) is 0 Å². The summed E-state index contributed by atoms with van der Waals surface area (Å²) < 4.78 is 9.59. The highest BCUT2D eigenvalue weighted by molar-refractivity contribution is 6.99. The largest absolute Gasteiger partial charge is 0.407 e. The number of hydrogen-bond acceptors (Lipinski definition) is 2. The SMILES string of the molecule is CC(CO[Si](c1ccccc1)(c1ccccc1)C(C)(C)C)Cc1cn(C(c2ccccc2)(c2ccccc2)c2ccccc2)cn1. The van der Waals surface area contributed by atoms with Crippen LogP contribution in [0, 0.1) is 5.92 Å². The van der Waals surface area contributed by atoms with Crippen LogP contribution >= 0.6 is 0 Å². The van der Waals surface area contributed by atoms with E-state index in [1.807, 2.05) is 6.33 Å². The van der Waals surface area contributed by atoms with Crippen LogP contribution in [0.1, 0.15) is 50.1 Å². The molecule has 0 fully saturated rings. The van der Waals surface area contributed by atoms with Gasteiger partial charge in [0.15, 0.2) is 0 Å². The molecule has 46 heavy (non-hydrogen) atoms. The van der Waals surface area contributed by atoms with E-state index in [1.54, 1.807) is 0 Å². The topological polar surface area (TPSA) is 27.1 Å². The number of nitrogens with zero attached hydrogens (tertiary/aromatic N) is 2. The summed E-state index contributed by atoms with van der Waals surface area (Å²) >= 11 is 0. The van der Waals surface area contributed by atoms with Crippen LogP contribution in [0.25, 0.3) is 0 Å². The van der Waals surface area contributed by atoms with Crippen molar-refractivity contribution in [3.8, 4) is 0 Å². The van der Waals surface area contributed by atoms with E-state index in [9.17, 15) is 0 Å². The summed E-state index contributed by atoms with van der Waals surface area (Å²) in [6, 6.07) is 54.1. The van der Waals surface area contributed by atoms with Crippen LogP contribution in [-0.4, -0.2) is 24.5 Å². The van der Waals surface area contributed by atoms with Crippen molar-refractivity contribution >= 4 is 18.7 Å². The van der Waals surface area contributed by atoms with Crippen LogP contribution in [0.2, 0.25) is 5.04 Å². The summed E-state index contributed by atoms with van der Waals surface area (Å²) in [6.45, 7) is 9.95. The summed E-state index contributed by atoms with van der Waals surface area (Å²) in [7, 11) is -2.61. The van der Waals surface area contributed by atoms with Crippen LogP contribution in [0.15, 0.2) is 164 Å². The summed E-state index contributed by atoms with van der Waals surface area (Å²) in [5, 5.41) is 2.56. The molecule has 6 aromatic rings. The zero-order chi connectivity index (χ0) is 32.0. The van der Waals surface area contributed by atoms with Crippen LogP contribution in [-0.2, 0) is 16.4 Å². The molecule has 1 heterocycles. The Morgan fingerprint density at radius 3 is 1.39 bits per heavy atom. The Morgan fingerprint density at radius 2 is 1.00 bits per heavy atom. The van der Waals surface area contributed by atoms with E-state index in [0.717, 1.165) is 12.1 Å². The van der Waals surface area contributed by atoms with E-state index >= 15 is 0 Å². The summed E-state index contributed by atoms with van der Waals surface area (Å²) in [5.41, 5.74) is 4.08. The van der Waals surface area contributed by atoms with Gasteiger partial charge >= 0.3 is 0 Å². The monoisotopic (exact) mass is 620 g/mol. The van der Waals surface area contributed by atoms with Gasteiger partial charge in [0, 0.05) is 12.8 Å². The van der Waals surface area contributed by atoms with Crippen LogP contribution < -0.4 is 10.4 Å². The van der Waals surface area contributed by atoms with Gasteiger partial charge in [-0.15, -0.1) is 0 Å². The van der Waals surface area contributed by atoms with Crippen molar-refractivity contribution in [2.75, 3.05) is 6.61 Å². The standard InChI is InChI=1S/C42H44N2OSi/c1-34(32-45-46(41(2,3)4,39-26-16-8-17-27-39)40-28-18-9-19-29-40)30-38-31-44(33-43-38)42(35-20-10-5-11-21-35,36-22-12-6-13-23-36)37-24-14-7-15-25-37/h5-29,31,33-34H,30,32H2,1-4H3. The fourth-order valence-corrected chi connectivity index (χ4v) is 11.8. The van der Waals surface area contributed by atoms with Crippen LogP contribution in [0.4, 0.5) is 0 Å². The molecule has 0 N–H and O–H groups in total. The molecule has 0 saturated heterocycles. The highest BCUT2D eigenvalue weighted by Crippen LogP contribution is 2.41. The van der Waals surface area contributed by atoms with Crippen LogP contribution in [0.3, 0.4) is 0 Å². The molecule has 232 valence electrons. The molecule has 1 unspecified atom stereocenters. The Hall–Kier alpha value is -4.51. The predicted molar refractivity (Wildman–Crippen MR) is 193 cm³/mol. The van der Waals surface area contributed by atoms with Gasteiger partial charge < -0.3 is 8.99 Å². The lowest BCUT2D eigenvalue weighted by Crippen LogP contribution is -2.66. The second kappa shape index (κ2) is 13.5. The average Bonchev–Trinajstić information content (AvgIpc) is 3.55. The first-order valence-corrected chi connectivity index (χ1v) is 18.2. The molecule has 0 amide bonds. The molecule has 0 spiro atoms. The number of benzene rings is 5. The first-order valence-electron chi connectivity index (χ1n) is 16.3. The molecule has 6 rings (SSSR count). The van der Waals surface area contributed by atoms with Crippen molar-refractivity contribution in [1.82, 2.24) is 9.55 Å². The Kier molecular flexibility index (Phi) is 9.21. The molecule has 3 nitrogen and oxygen atoms in total. The maximum absolute atomic E-state index is 7.29. The van der Waals surface area contributed by atoms with Gasteiger partial charge in [0.25, 0.3) is 8.32 Å². The normalized spacial score (nSPS) is 13.0. The second-order valence-corrected chi connectivity index (χ2v) is 17.7. The lowest BCUT2D eigenvalue weighted by molar-refractivity contribution is 0.244. The number of aromatic nitrogens is 2. The summed E-state index contributed by atoms with van der Waals surface area (Å²) in [4.78, 5) is 5.03. The smallest absolute Gasteiger partial charge is 0.261 e. The van der Waals surface area contributed by atoms with E-state index in [4.69, 9.17) is 9.41 Å². The molecule has 0 radical (unpaired) electrons. The van der Waals surface area contributed by atoms with Crippen molar-refractivity contribution in [3.05, 3.63) is 187 Å². The van der Waals surface area contributed by atoms with E-state index in [0.29, 0.717) is 6.61 Å². The predicted octanol–water partition coefficient (Wildman–Crippen LogP) is 8.48. The highest BCUT2D eigenvalue weighted by Gasteiger charge is 2.50. The van der Waals surface area contributed by atoms with Gasteiger partial charge in [0.2, 0.25) is 0 Å². The fourth-order valence-electron chi connectivity index (χ4n) is 7.08. The minimum atomic E-state index is -2.61. The van der Waals surface area contributed by atoms with Crippen molar-refractivity contribution < 1.29 is 4.43 Å². The molecule has 1 atom stereocenters. The third kappa shape index (κ3) is 5.91. The lowest BCUT2D eigenvalue weighted by Gasteiger charge is -2.43. The lowest BCUT2D eigenvalue weighted by atomic mass is 9.77. The Morgan fingerprint density at radius 1 is 0.609 bits per heavy atom. The zero-order valence-electron chi connectivity index (χ0n) is 27.4. The molecule has 0 bridgehead atoms. The van der Waals surface area contributed by atoms with Gasteiger partial charge in [-0.3, -0.25) is 0 Å². The maximum atomic E-state index is 7.29. The van der Waals surface area contributed by atoms with E-state index in [-0.39, 0.29) is 11.0 Å². The highest BCUT2D eigenvalue weighted by atomic mass is 28.4. The van der Waals surface area contributed by atoms with Gasteiger partial charge in [0.1, 0.15) is 5.54 Å². The minimum Gasteiger partial charge on any atom is -0.407 e. The van der Waals surface area contributed by atoms with Gasteiger partial charge in [-0.1, -0.05) is 179 Å². The van der Waals surface area contributed by atoms with Crippen LogP contribution in [0.5, 0.6) is 0 Å². The Balaban J connectivity index is 1.35. The molecule has 1 aromatic heterocycles. The fraction of sp³-hybridized carbons (Fsp3) is 0.214. The minimum absolute atomic E-state index is 0.0579. The van der Waals surface area contributed by atoms with E-state index in [2.05, 4.69) is 190 Å². The molecular weight excluding hydrogens is 577 g/mol. The van der Waals surface area contributed by atoms with Gasteiger partial charge in [-0.05, 0) is 44.4 Å². The second-order valence-electron chi connectivity index (χ2n) is 13.4. The first-order chi connectivity index (χ1) is 22.4. The molecule has 0 aliphatic carbocycles. The van der Waals surface area contributed by atoms with Gasteiger partial charge in [-0.25, -0.2) is 4.98 Å². The summed E-state index contributed by atoms with van der Waals surface area (Å²) in [6.07, 6.45) is 5.07. The van der Waals surface area contributed by atoms with Crippen molar-refractivity contribution in [2.24, 2.45) is 5.92 Å². The summed E-state index contributed by atoms with van der Waals surface area (Å²) in [5.74, 6) is 0.268. The molecule has 0 aliphatic heterocycles. The molecule has 5 aromatic carbocycles. The first kappa shape index (κ1) is 31.5. The molecular formula is C42H44N2OSi. The molecule has 4 heteroatoms. The third-order valence-corrected chi connectivity index (χ3v) is 14.2. The van der Waals surface area contributed by atoms with Crippen molar-refractivity contribution in [3.63, 3.8) is 0 Å². The van der Waals surface area contributed by atoms with Crippen molar-refractivity contribution in [2.45, 2.75) is 44.7 Å². The molecule has 0 aliphatic rings. The van der Waals surface area contributed by atoms with Gasteiger partial charge in [0.05, 0.1) is 12.0 Å². The molecule has 0 saturated carbocycles. The van der Waals surface area contributed by atoms with E-state index in [1.165, 1.54) is 27.1 Å².